The number of nitrogens with zero attached hydrogens (tertiary/aromatic N) is 1. The lowest BCUT2D eigenvalue weighted by Crippen LogP contribution is -2.32. The van der Waals surface area contributed by atoms with Crippen LogP contribution in [0.2, 0.25) is 0 Å². The van der Waals surface area contributed by atoms with Gasteiger partial charge in [0.15, 0.2) is 0 Å². The second-order valence-electron chi connectivity index (χ2n) is 10.2. The molecule has 0 saturated carbocycles. The number of alkyl halides is 3. The molecule has 1 atom stereocenters. The summed E-state index contributed by atoms with van der Waals surface area (Å²) in [6.45, 7) is 4.67. The van der Waals surface area contributed by atoms with Gasteiger partial charge in [-0.1, -0.05) is 106 Å². The second-order valence-corrected chi connectivity index (χ2v) is 10.2. The summed E-state index contributed by atoms with van der Waals surface area (Å²) < 4.78 is 45.7. The number of ether oxygens (including phenoxy) is 1. The van der Waals surface area contributed by atoms with E-state index in [0.29, 0.717) is 5.56 Å². The number of carbonyl (C=O) groups is 2. The van der Waals surface area contributed by atoms with E-state index in [9.17, 15) is 22.8 Å². The van der Waals surface area contributed by atoms with E-state index in [-0.39, 0.29) is 25.1 Å². The monoisotopic (exact) mass is 589 g/mol. The molecule has 230 valence electrons. The Kier molecular flexibility index (Phi) is 15.7. The zero-order chi connectivity index (χ0) is 30.8. The topological polar surface area (TPSA) is 65.1 Å². The lowest BCUT2D eigenvalue weighted by atomic mass is 10.1. The predicted molar refractivity (Wildman–Crippen MR) is 154 cm³/mol. The summed E-state index contributed by atoms with van der Waals surface area (Å²) in [5.74, 6) is 4.72. The van der Waals surface area contributed by atoms with E-state index < -0.39 is 29.8 Å². The van der Waals surface area contributed by atoms with Gasteiger partial charge in [-0.3, -0.25) is 9.68 Å². The van der Waals surface area contributed by atoms with Gasteiger partial charge >= 0.3 is 18.1 Å². The third-order valence-electron chi connectivity index (χ3n) is 6.54. The van der Waals surface area contributed by atoms with Crippen molar-refractivity contribution in [1.82, 2.24) is 5.06 Å². The van der Waals surface area contributed by atoms with E-state index in [1.165, 1.54) is 63.1 Å². The maximum Gasteiger partial charge on any atom is 0.416 e. The molecule has 9 heteroatoms. The Morgan fingerprint density at radius 2 is 1.52 bits per heavy atom. The summed E-state index contributed by atoms with van der Waals surface area (Å²) in [4.78, 5) is 33.7. The van der Waals surface area contributed by atoms with Crippen LogP contribution in [0.15, 0.2) is 48.5 Å². The van der Waals surface area contributed by atoms with Gasteiger partial charge in [0.25, 0.3) is 0 Å². The van der Waals surface area contributed by atoms with Crippen LogP contribution < -0.4 is 0 Å². The Hall–Kier alpha value is -3.35. The van der Waals surface area contributed by atoms with Crippen LogP contribution in [0.1, 0.15) is 107 Å². The molecule has 0 aliphatic heterocycles. The van der Waals surface area contributed by atoms with Gasteiger partial charge in [0.05, 0.1) is 18.7 Å². The summed E-state index contributed by atoms with van der Waals surface area (Å²) >= 11 is 0. The number of esters is 1. The van der Waals surface area contributed by atoms with Crippen molar-refractivity contribution in [2.45, 2.75) is 110 Å². The highest BCUT2D eigenvalue weighted by Crippen LogP contribution is 2.32. The molecule has 2 rings (SSSR count). The maximum absolute atomic E-state index is 13.6. The van der Waals surface area contributed by atoms with Gasteiger partial charge in [0, 0.05) is 18.9 Å². The van der Waals surface area contributed by atoms with Crippen molar-refractivity contribution in [1.29, 1.82) is 0 Å². The van der Waals surface area contributed by atoms with Crippen molar-refractivity contribution in [2.75, 3.05) is 0 Å². The van der Waals surface area contributed by atoms with Crippen molar-refractivity contribution in [3.05, 3.63) is 70.8 Å². The fraction of sp³-hybridized carbons (Fsp3) is 0.515. The van der Waals surface area contributed by atoms with Gasteiger partial charge < -0.3 is 4.74 Å². The normalized spacial score (nSPS) is 12.0. The van der Waals surface area contributed by atoms with E-state index in [2.05, 4.69) is 18.8 Å². The van der Waals surface area contributed by atoms with Crippen LogP contribution in [-0.4, -0.2) is 23.1 Å². The van der Waals surface area contributed by atoms with E-state index >= 15 is 0 Å². The smallest absolute Gasteiger partial charge is 0.416 e. The summed E-state index contributed by atoms with van der Waals surface area (Å²) in [6.07, 6.45) is 5.15. The molecule has 6 nitrogen and oxygen atoms in total. The molecule has 0 fully saturated rings. The number of carbonyl (C=O) groups excluding carboxylic acids is 2. The van der Waals surface area contributed by atoms with Crippen LogP contribution in [0, 0.1) is 11.8 Å². The van der Waals surface area contributed by atoms with Crippen LogP contribution >= 0.6 is 0 Å². The minimum Gasteiger partial charge on any atom is -0.450 e. The lowest BCUT2D eigenvalue weighted by Gasteiger charge is -2.22. The molecule has 2 aromatic rings. The first kappa shape index (κ1) is 34.8. The number of halogens is 3. The Morgan fingerprint density at radius 1 is 0.881 bits per heavy atom. The average molecular weight is 590 g/mol. The lowest BCUT2D eigenvalue weighted by molar-refractivity contribution is -0.408. The first-order valence-electron chi connectivity index (χ1n) is 14.7. The largest absolute Gasteiger partial charge is 0.450 e. The summed E-state index contributed by atoms with van der Waals surface area (Å²) in [5.41, 5.74) is 0.651. The Morgan fingerprint density at radius 3 is 2.14 bits per heavy atom. The first-order valence-corrected chi connectivity index (χ1v) is 14.7. The highest BCUT2D eigenvalue weighted by atomic mass is 19.4. The molecule has 0 N–H and O–H groups in total. The van der Waals surface area contributed by atoms with Crippen molar-refractivity contribution >= 4 is 11.9 Å². The molecule has 0 bridgehead atoms. The van der Waals surface area contributed by atoms with Crippen LogP contribution in [0.3, 0.4) is 0 Å². The molecule has 42 heavy (non-hydrogen) atoms. The zero-order valence-electron chi connectivity index (χ0n) is 24.8. The number of hydrogen-bond donors (Lipinski definition) is 0. The van der Waals surface area contributed by atoms with Gasteiger partial charge in [-0.2, -0.15) is 13.2 Å². The average Bonchev–Trinajstić information content (AvgIpc) is 2.96. The predicted octanol–water partition coefficient (Wildman–Crippen LogP) is 8.32. The first-order chi connectivity index (χ1) is 20.1. The Labute approximate surface area is 247 Å². The molecule has 0 radical (unpaired) electrons. The molecule has 0 spiro atoms. The summed E-state index contributed by atoms with van der Waals surface area (Å²) in [6, 6.07) is 12.4. The quantitative estimate of drug-likeness (QED) is 0.0608. The Balaban J connectivity index is 2.02. The molecule has 2 aromatic carbocycles. The fourth-order valence-electron chi connectivity index (χ4n) is 4.28. The molecule has 0 aliphatic rings. The minimum atomic E-state index is -4.57. The number of unbranched alkanes of at least 4 members (excludes halogenated alkanes) is 8. The zero-order valence-corrected chi connectivity index (χ0v) is 24.8. The highest BCUT2D eigenvalue weighted by molar-refractivity contribution is 5.78. The van der Waals surface area contributed by atoms with Crippen molar-refractivity contribution < 1.29 is 37.4 Å². The fourth-order valence-corrected chi connectivity index (χ4v) is 4.28. The SMILES string of the molecule is CCCCCCCCCCC#Cc1ccc(CN(Cc2ccccc2C(F)(F)F)OOC(=O)C(CC)OC(C)=O)cc1. The van der Waals surface area contributed by atoms with Crippen LogP contribution in [0.25, 0.3) is 0 Å². The highest BCUT2D eigenvalue weighted by Gasteiger charge is 2.33. The van der Waals surface area contributed by atoms with Crippen molar-refractivity contribution in [3.63, 3.8) is 0 Å². The van der Waals surface area contributed by atoms with Crippen LogP contribution in [0.5, 0.6) is 0 Å². The standard InChI is InChI=1S/C33H42F3NO5/c1-4-6-7-8-9-10-11-12-13-14-17-27-20-22-28(23-21-27)24-37(42-41-32(39)31(5-2)40-26(3)38)25-29-18-15-16-19-30(29)33(34,35)36/h15-16,18-23,31H,4-13,24-25H2,1-3H3. The van der Waals surface area contributed by atoms with Crippen LogP contribution in [0.4, 0.5) is 13.2 Å². The van der Waals surface area contributed by atoms with Gasteiger partial charge in [-0.05, 0) is 42.2 Å². The number of hydroxylamine groups is 2. The van der Waals surface area contributed by atoms with Gasteiger partial charge in [-0.15, -0.1) is 5.06 Å². The summed E-state index contributed by atoms with van der Waals surface area (Å²) in [7, 11) is 0. The number of rotatable bonds is 17. The van der Waals surface area contributed by atoms with Gasteiger partial charge in [0.2, 0.25) is 6.10 Å². The molecule has 0 aliphatic carbocycles. The van der Waals surface area contributed by atoms with Crippen molar-refractivity contribution in [2.24, 2.45) is 0 Å². The molecular weight excluding hydrogens is 547 g/mol. The third-order valence-corrected chi connectivity index (χ3v) is 6.54. The van der Waals surface area contributed by atoms with E-state index in [0.717, 1.165) is 36.5 Å². The number of hydrogen-bond acceptors (Lipinski definition) is 6. The van der Waals surface area contributed by atoms with Crippen LogP contribution in [-0.2, 0) is 43.5 Å². The summed E-state index contributed by atoms with van der Waals surface area (Å²) in [5, 5.41) is 1.10. The molecule has 0 amide bonds. The molecule has 0 aromatic heterocycles. The Bertz CT molecular complexity index is 1150. The van der Waals surface area contributed by atoms with Gasteiger partial charge in [0.1, 0.15) is 0 Å². The van der Waals surface area contributed by atoms with Gasteiger partial charge in [-0.25, -0.2) is 4.79 Å². The van der Waals surface area contributed by atoms with E-state index in [1.807, 2.05) is 12.1 Å². The van der Waals surface area contributed by atoms with E-state index in [4.69, 9.17) is 14.6 Å². The second kappa shape index (κ2) is 19.0. The third kappa shape index (κ3) is 13.5. The molecule has 0 heterocycles. The maximum atomic E-state index is 13.6. The van der Waals surface area contributed by atoms with E-state index in [1.54, 1.807) is 19.1 Å². The number of benzene rings is 2. The minimum absolute atomic E-state index is 0.00972. The molecular formula is C33H42F3NO5. The molecule has 0 saturated heterocycles. The van der Waals surface area contributed by atoms with Crippen molar-refractivity contribution in [3.8, 4) is 11.8 Å². The molecule has 1 unspecified atom stereocenters.